The van der Waals surface area contributed by atoms with E-state index in [1.807, 2.05) is 0 Å². The topological polar surface area (TPSA) is 55.8 Å². The number of methoxy groups -OCH3 is 1. The molecule has 0 saturated heterocycles. The predicted octanol–water partition coefficient (Wildman–Crippen LogP) is 2.71. The lowest BCUT2D eigenvalue weighted by atomic mass is 9.85. The number of rotatable bonds is 3. The number of fused-ring (bicyclic) bond motifs is 1. The Morgan fingerprint density at radius 2 is 1.90 bits per heavy atom. The zero-order valence-corrected chi connectivity index (χ0v) is 14.5. The van der Waals surface area contributed by atoms with E-state index in [1.165, 1.54) is 7.11 Å². The van der Waals surface area contributed by atoms with Crippen LogP contribution in [-0.4, -0.2) is 38.2 Å². The molecule has 0 aromatic heterocycles. The Bertz CT molecular complexity index is 401. The fourth-order valence-corrected chi connectivity index (χ4v) is 4.80. The van der Waals surface area contributed by atoms with Gasteiger partial charge in [-0.25, -0.2) is 0 Å². The minimum Gasteiger partial charge on any atom is -0.469 e. The van der Waals surface area contributed by atoms with Crippen molar-refractivity contribution < 1.29 is 19.1 Å². The van der Waals surface area contributed by atoms with Crippen molar-refractivity contribution in [3.8, 4) is 0 Å². The summed E-state index contributed by atoms with van der Waals surface area (Å²) < 4.78 is 11.4. The lowest BCUT2D eigenvalue weighted by Crippen LogP contribution is -2.48. The van der Waals surface area contributed by atoms with Gasteiger partial charge in [-0.1, -0.05) is 20.8 Å². The molecule has 0 heterocycles. The molecule has 2 fully saturated rings. The summed E-state index contributed by atoms with van der Waals surface area (Å²) in [6.07, 6.45) is 1.67. The van der Waals surface area contributed by atoms with Crippen molar-refractivity contribution in [2.24, 2.45) is 11.8 Å². The molecule has 4 nitrogen and oxygen atoms in total. The second-order valence-electron chi connectivity index (χ2n) is 7.97. The van der Waals surface area contributed by atoms with Crippen LogP contribution in [0.15, 0.2) is 0 Å². The third-order valence-corrected chi connectivity index (χ3v) is 9.99. The van der Waals surface area contributed by atoms with Crippen molar-refractivity contribution in [1.82, 2.24) is 0 Å². The molecule has 0 bridgehead atoms. The maximum Gasteiger partial charge on any atom is 0.308 e. The number of carbonyl (C=O) groups is 1. The van der Waals surface area contributed by atoms with E-state index in [0.717, 1.165) is 6.42 Å². The molecular formula is C15H28O4Si. The lowest BCUT2D eigenvalue weighted by molar-refractivity contribution is -0.150. The van der Waals surface area contributed by atoms with Gasteiger partial charge in [-0.15, -0.1) is 0 Å². The smallest absolute Gasteiger partial charge is 0.308 e. The van der Waals surface area contributed by atoms with Gasteiger partial charge < -0.3 is 14.3 Å². The van der Waals surface area contributed by atoms with Crippen molar-refractivity contribution in [2.45, 2.75) is 69.9 Å². The van der Waals surface area contributed by atoms with Gasteiger partial charge in [0.25, 0.3) is 0 Å². The summed E-state index contributed by atoms with van der Waals surface area (Å²) in [6.45, 7) is 11.1. The van der Waals surface area contributed by atoms with Crippen molar-refractivity contribution >= 4 is 14.3 Å². The Kier molecular flexibility index (Phi) is 3.85. The highest BCUT2D eigenvalue weighted by Gasteiger charge is 2.65. The van der Waals surface area contributed by atoms with Gasteiger partial charge in [-0.2, -0.15) is 0 Å². The van der Waals surface area contributed by atoms with E-state index in [1.54, 1.807) is 0 Å². The van der Waals surface area contributed by atoms with Gasteiger partial charge in [-0.05, 0) is 37.4 Å². The van der Waals surface area contributed by atoms with Crippen LogP contribution in [0.4, 0.5) is 0 Å². The first-order chi connectivity index (χ1) is 9.02. The lowest BCUT2D eigenvalue weighted by Gasteiger charge is -2.42. The van der Waals surface area contributed by atoms with Crippen molar-refractivity contribution in [3.63, 3.8) is 0 Å². The molecule has 2 rings (SSSR count). The standard InChI is InChI=1S/C15H28O4Si/c1-14(2,3)20(5,6)19-15-8-10(13(17)18-4)7-12(16)11(15)9-15/h10-12,16H,7-9H2,1-6H3/t10-,11+,12+,15?/m1/s1. The van der Waals surface area contributed by atoms with E-state index in [4.69, 9.17) is 9.16 Å². The van der Waals surface area contributed by atoms with Crippen LogP contribution in [-0.2, 0) is 14.0 Å². The number of ether oxygens (including phenoxy) is 1. The first-order valence-electron chi connectivity index (χ1n) is 7.48. The van der Waals surface area contributed by atoms with Gasteiger partial charge in [0.05, 0.1) is 24.7 Å². The van der Waals surface area contributed by atoms with Crippen LogP contribution in [0.2, 0.25) is 18.1 Å². The fourth-order valence-electron chi connectivity index (χ4n) is 3.16. The first kappa shape index (κ1) is 16.0. The highest BCUT2D eigenvalue weighted by Crippen LogP contribution is 2.60. The van der Waals surface area contributed by atoms with Gasteiger partial charge in [0, 0.05) is 5.92 Å². The average molecular weight is 300 g/mol. The second kappa shape index (κ2) is 4.82. The Labute approximate surface area is 123 Å². The Hall–Kier alpha value is -0.393. The molecular weight excluding hydrogens is 272 g/mol. The molecule has 5 heteroatoms. The van der Waals surface area contributed by atoms with Crippen molar-refractivity contribution in [3.05, 3.63) is 0 Å². The molecule has 0 aromatic rings. The van der Waals surface area contributed by atoms with Crippen molar-refractivity contribution in [2.75, 3.05) is 7.11 Å². The maximum atomic E-state index is 11.8. The molecule has 0 aromatic carbocycles. The SMILES string of the molecule is COC(=O)[C@@H]1C[C@H](O)[C@@H]2CC2(O[Si](C)(C)C(C)(C)C)C1. The summed E-state index contributed by atoms with van der Waals surface area (Å²) in [4.78, 5) is 11.8. The molecule has 0 radical (unpaired) electrons. The van der Waals surface area contributed by atoms with Crippen molar-refractivity contribution in [1.29, 1.82) is 0 Å². The molecule has 1 N–H and O–H groups in total. The monoisotopic (exact) mass is 300 g/mol. The minimum atomic E-state index is -1.89. The van der Waals surface area contributed by atoms with Gasteiger partial charge in [0.1, 0.15) is 0 Å². The summed E-state index contributed by atoms with van der Waals surface area (Å²) in [7, 11) is -0.479. The van der Waals surface area contributed by atoms with E-state index >= 15 is 0 Å². The molecule has 116 valence electrons. The zero-order valence-electron chi connectivity index (χ0n) is 13.5. The highest BCUT2D eigenvalue weighted by molar-refractivity contribution is 6.74. The maximum absolute atomic E-state index is 11.8. The summed E-state index contributed by atoms with van der Waals surface area (Å²) in [5.41, 5.74) is -0.278. The van der Waals surface area contributed by atoms with E-state index in [-0.39, 0.29) is 28.4 Å². The molecule has 20 heavy (non-hydrogen) atoms. The summed E-state index contributed by atoms with van der Waals surface area (Å²) in [6, 6.07) is 0. The number of aliphatic hydroxyl groups excluding tert-OH is 1. The van der Waals surface area contributed by atoms with E-state index in [2.05, 4.69) is 33.9 Å². The molecule has 2 aliphatic rings. The third-order valence-electron chi connectivity index (χ3n) is 5.46. The molecule has 0 spiro atoms. The molecule has 2 aliphatic carbocycles. The van der Waals surface area contributed by atoms with Crippen LogP contribution >= 0.6 is 0 Å². The Morgan fingerprint density at radius 1 is 1.30 bits per heavy atom. The van der Waals surface area contributed by atoms with Crippen LogP contribution < -0.4 is 0 Å². The van der Waals surface area contributed by atoms with Crippen LogP contribution in [0.5, 0.6) is 0 Å². The molecule has 2 saturated carbocycles. The number of esters is 1. The molecule has 1 unspecified atom stereocenters. The van der Waals surface area contributed by atoms with Crippen LogP contribution in [0.1, 0.15) is 40.0 Å². The fraction of sp³-hybridized carbons (Fsp3) is 0.933. The average Bonchev–Trinajstić information content (AvgIpc) is 3.00. The highest BCUT2D eigenvalue weighted by atomic mass is 28.4. The van der Waals surface area contributed by atoms with Crippen LogP contribution in [0.25, 0.3) is 0 Å². The molecule has 0 amide bonds. The normalized spacial score (nSPS) is 37.2. The van der Waals surface area contributed by atoms with Crippen LogP contribution in [0, 0.1) is 11.8 Å². The summed E-state index contributed by atoms with van der Waals surface area (Å²) >= 11 is 0. The van der Waals surface area contributed by atoms with E-state index in [9.17, 15) is 9.90 Å². The first-order valence-corrected chi connectivity index (χ1v) is 10.4. The quantitative estimate of drug-likeness (QED) is 0.643. The molecule has 4 atom stereocenters. The zero-order chi connectivity index (χ0) is 15.3. The Balaban J connectivity index is 2.14. The van der Waals surface area contributed by atoms with Crippen LogP contribution in [0.3, 0.4) is 0 Å². The number of hydrogen-bond acceptors (Lipinski definition) is 4. The number of hydrogen-bond donors (Lipinski definition) is 1. The molecule has 0 aliphatic heterocycles. The van der Waals surface area contributed by atoms with E-state index < -0.39 is 14.4 Å². The minimum absolute atomic E-state index is 0.137. The van der Waals surface area contributed by atoms with Gasteiger partial charge in [0.15, 0.2) is 8.32 Å². The summed E-state index contributed by atoms with van der Waals surface area (Å²) in [5, 5.41) is 10.4. The van der Waals surface area contributed by atoms with Gasteiger partial charge in [-0.3, -0.25) is 4.79 Å². The number of carbonyl (C=O) groups excluding carboxylic acids is 1. The largest absolute Gasteiger partial charge is 0.469 e. The second-order valence-corrected chi connectivity index (χ2v) is 12.7. The predicted molar refractivity (Wildman–Crippen MR) is 79.9 cm³/mol. The number of aliphatic hydroxyl groups is 1. The third kappa shape index (κ3) is 2.67. The summed E-state index contributed by atoms with van der Waals surface area (Å²) in [5.74, 6) is -0.233. The van der Waals surface area contributed by atoms with Gasteiger partial charge in [0.2, 0.25) is 0 Å². The van der Waals surface area contributed by atoms with E-state index in [0.29, 0.717) is 12.8 Å². The Morgan fingerprint density at radius 3 is 2.40 bits per heavy atom. The van der Waals surface area contributed by atoms with Gasteiger partial charge >= 0.3 is 5.97 Å².